The summed E-state index contributed by atoms with van der Waals surface area (Å²) >= 11 is 7.34. The average Bonchev–Trinajstić information content (AvgIpc) is 2.41. The predicted molar refractivity (Wildman–Crippen MR) is 85.5 cm³/mol. The maximum Gasteiger partial charge on any atom is 0.0647 e. The van der Waals surface area contributed by atoms with E-state index in [9.17, 15) is 0 Å². The molecule has 0 aliphatic heterocycles. The molecule has 0 bridgehead atoms. The molecule has 0 radical (unpaired) electrons. The smallest absolute Gasteiger partial charge is 0.0647 e. The Morgan fingerprint density at radius 1 is 1.06 bits per heavy atom. The van der Waals surface area contributed by atoms with Gasteiger partial charge in [0.1, 0.15) is 0 Å². The summed E-state index contributed by atoms with van der Waals surface area (Å²) in [5.74, 6) is 0. The topological polar surface area (TPSA) is 0 Å². The molecule has 2 aromatic rings. The monoisotopic (exact) mass is 366 g/mol. The quantitative estimate of drug-likeness (QED) is 0.601. The number of hydrogen-bond acceptors (Lipinski definition) is 0. The highest BCUT2D eigenvalue weighted by molar-refractivity contribution is 9.10. The average molecular weight is 368 g/mol. The van der Waals surface area contributed by atoms with Gasteiger partial charge in [-0.2, -0.15) is 0 Å². The van der Waals surface area contributed by atoms with Gasteiger partial charge in [0.15, 0.2) is 0 Å². The van der Waals surface area contributed by atoms with Gasteiger partial charge in [-0.3, -0.25) is 0 Å². The van der Waals surface area contributed by atoms with Crippen molar-refractivity contribution in [2.24, 2.45) is 0 Å². The van der Waals surface area contributed by atoms with Crippen LogP contribution in [-0.2, 0) is 6.42 Å². The molecular weight excluding hydrogens is 352 g/mol. The molecule has 0 aliphatic carbocycles. The van der Waals surface area contributed by atoms with Crippen molar-refractivity contribution in [3.63, 3.8) is 0 Å². The summed E-state index contributed by atoms with van der Waals surface area (Å²) in [6.07, 6.45) is 1.09. The van der Waals surface area contributed by atoms with Crippen molar-refractivity contribution >= 4 is 31.9 Å². The maximum absolute atomic E-state index is 3.80. The Labute approximate surface area is 126 Å². The van der Waals surface area contributed by atoms with Gasteiger partial charge in [-0.1, -0.05) is 69.1 Å². The van der Waals surface area contributed by atoms with Crippen molar-refractivity contribution in [2.75, 3.05) is 0 Å². The molecule has 0 amide bonds. The van der Waals surface area contributed by atoms with E-state index < -0.39 is 0 Å². The highest BCUT2D eigenvalue weighted by Gasteiger charge is 2.12. The lowest BCUT2D eigenvalue weighted by atomic mass is 9.99. The lowest BCUT2D eigenvalue weighted by molar-refractivity contribution is 1.10. The SMILES string of the molecule is CCc1ccc(C(Br)c2cc(Br)ccc2C)cc1. The minimum absolute atomic E-state index is 0.251. The van der Waals surface area contributed by atoms with E-state index in [-0.39, 0.29) is 4.83 Å². The lowest BCUT2D eigenvalue weighted by Gasteiger charge is -2.14. The second-order valence-corrected chi connectivity index (χ2v) is 6.29. The first kappa shape index (κ1) is 13.8. The van der Waals surface area contributed by atoms with E-state index in [4.69, 9.17) is 0 Å². The van der Waals surface area contributed by atoms with Gasteiger partial charge < -0.3 is 0 Å². The van der Waals surface area contributed by atoms with Crippen LogP contribution in [0.1, 0.15) is 34.0 Å². The zero-order valence-electron chi connectivity index (χ0n) is 10.6. The molecule has 0 aliphatic rings. The zero-order valence-corrected chi connectivity index (χ0v) is 13.8. The van der Waals surface area contributed by atoms with Crippen LogP contribution in [0.2, 0.25) is 0 Å². The molecule has 94 valence electrons. The van der Waals surface area contributed by atoms with E-state index in [1.54, 1.807) is 0 Å². The number of halogens is 2. The molecule has 0 N–H and O–H groups in total. The molecule has 0 nitrogen and oxygen atoms in total. The molecule has 2 heteroatoms. The van der Waals surface area contributed by atoms with Crippen LogP contribution < -0.4 is 0 Å². The first-order chi connectivity index (χ1) is 8.61. The number of alkyl halides is 1. The molecule has 0 spiro atoms. The highest BCUT2D eigenvalue weighted by atomic mass is 79.9. The first-order valence-corrected chi connectivity index (χ1v) is 7.81. The summed E-state index contributed by atoms with van der Waals surface area (Å²) in [7, 11) is 0. The number of aryl methyl sites for hydroxylation is 2. The second kappa shape index (κ2) is 6.03. The number of hydrogen-bond donors (Lipinski definition) is 0. The molecule has 1 atom stereocenters. The summed E-state index contributed by atoms with van der Waals surface area (Å²) < 4.78 is 1.12. The Hall–Kier alpha value is -0.600. The van der Waals surface area contributed by atoms with E-state index >= 15 is 0 Å². The van der Waals surface area contributed by atoms with Crippen molar-refractivity contribution in [3.8, 4) is 0 Å². The van der Waals surface area contributed by atoms with E-state index in [0.29, 0.717) is 0 Å². The third-order valence-electron chi connectivity index (χ3n) is 3.19. The fourth-order valence-electron chi connectivity index (χ4n) is 1.99. The Morgan fingerprint density at radius 3 is 2.33 bits per heavy atom. The van der Waals surface area contributed by atoms with Crippen LogP contribution in [0, 0.1) is 6.92 Å². The standard InChI is InChI=1S/C16H16Br2/c1-3-12-5-7-13(8-6-12)16(18)15-10-14(17)9-4-11(15)2/h4-10,16H,3H2,1-2H3. The Balaban J connectivity index is 2.34. The van der Waals surface area contributed by atoms with Crippen LogP contribution >= 0.6 is 31.9 Å². The van der Waals surface area contributed by atoms with Crippen molar-refractivity contribution in [3.05, 3.63) is 69.2 Å². The van der Waals surface area contributed by atoms with E-state index in [1.807, 2.05) is 0 Å². The normalized spacial score (nSPS) is 12.4. The van der Waals surface area contributed by atoms with Crippen LogP contribution in [0.3, 0.4) is 0 Å². The van der Waals surface area contributed by atoms with Crippen LogP contribution in [0.5, 0.6) is 0 Å². The molecule has 0 fully saturated rings. The zero-order chi connectivity index (χ0) is 13.1. The van der Waals surface area contributed by atoms with E-state index in [1.165, 1.54) is 22.3 Å². The van der Waals surface area contributed by atoms with Gasteiger partial charge in [-0.25, -0.2) is 0 Å². The third kappa shape index (κ3) is 3.04. The molecule has 0 heterocycles. The number of rotatable bonds is 3. The summed E-state index contributed by atoms with van der Waals surface area (Å²) in [4.78, 5) is 0.251. The molecule has 1 unspecified atom stereocenters. The molecule has 2 aromatic carbocycles. The van der Waals surface area contributed by atoms with Gasteiger partial charge >= 0.3 is 0 Å². The largest absolute Gasteiger partial charge is 0.0786 e. The third-order valence-corrected chi connectivity index (χ3v) is 4.71. The van der Waals surface area contributed by atoms with E-state index in [0.717, 1.165) is 10.9 Å². The summed E-state index contributed by atoms with van der Waals surface area (Å²) in [5, 5.41) is 0. The maximum atomic E-state index is 3.80. The minimum atomic E-state index is 0.251. The van der Waals surface area contributed by atoms with Crippen LogP contribution in [0.4, 0.5) is 0 Å². The Morgan fingerprint density at radius 2 is 1.72 bits per heavy atom. The Bertz CT molecular complexity index is 529. The van der Waals surface area contributed by atoms with E-state index in [2.05, 4.69) is 88.2 Å². The first-order valence-electron chi connectivity index (χ1n) is 6.10. The van der Waals surface area contributed by atoms with Crippen LogP contribution in [0.25, 0.3) is 0 Å². The summed E-state index contributed by atoms with van der Waals surface area (Å²) in [5.41, 5.74) is 5.30. The molecular formula is C16H16Br2. The molecule has 18 heavy (non-hydrogen) atoms. The fourth-order valence-corrected chi connectivity index (χ4v) is 3.16. The highest BCUT2D eigenvalue weighted by Crippen LogP contribution is 2.34. The predicted octanol–water partition coefficient (Wildman–Crippen LogP) is 5.80. The molecule has 2 rings (SSSR count). The van der Waals surface area contributed by atoms with Crippen molar-refractivity contribution in [1.29, 1.82) is 0 Å². The molecule has 0 saturated carbocycles. The van der Waals surface area contributed by atoms with Gasteiger partial charge in [-0.05, 0) is 47.7 Å². The van der Waals surface area contributed by atoms with Gasteiger partial charge in [0.2, 0.25) is 0 Å². The van der Waals surface area contributed by atoms with Crippen molar-refractivity contribution in [1.82, 2.24) is 0 Å². The molecule has 0 aromatic heterocycles. The lowest BCUT2D eigenvalue weighted by Crippen LogP contribution is -1.96. The molecule has 0 saturated heterocycles. The van der Waals surface area contributed by atoms with Crippen LogP contribution in [-0.4, -0.2) is 0 Å². The van der Waals surface area contributed by atoms with Gasteiger partial charge in [-0.15, -0.1) is 0 Å². The fraction of sp³-hybridized carbons (Fsp3) is 0.250. The van der Waals surface area contributed by atoms with Gasteiger partial charge in [0.05, 0.1) is 4.83 Å². The number of benzene rings is 2. The van der Waals surface area contributed by atoms with Crippen LogP contribution in [0.15, 0.2) is 46.9 Å². The van der Waals surface area contributed by atoms with Crippen molar-refractivity contribution < 1.29 is 0 Å². The van der Waals surface area contributed by atoms with Gasteiger partial charge in [0.25, 0.3) is 0 Å². The summed E-state index contributed by atoms with van der Waals surface area (Å²) in [6.45, 7) is 4.33. The Kier molecular flexibility index (Phi) is 4.63. The van der Waals surface area contributed by atoms with Crippen molar-refractivity contribution in [2.45, 2.75) is 25.1 Å². The minimum Gasteiger partial charge on any atom is -0.0786 e. The van der Waals surface area contributed by atoms with Gasteiger partial charge in [0, 0.05) is 4.47 Å². The second-order valence-electron chi connectivity index (χ2n) is 4.46. The summed E-state index contributed by atoms with van der Waals surface area (Å²) in [6, 6.07) is 15.2.